The first-order valence-corrected chi connectivity index (χ1v) is 10.5. The summed E-state index contributed by atoms with van der Waals surface area (Å²) in [6, 6.07) is 8.77. The van der Waals surface area contributed by atoms with Crippen LogP contribution >= 0.6 is 0 Å². The van der Waals surface area contributed by atoms with Crippen molar-refractivity contribution in [2.75, 3.05) is 32.8 Å². The van der Waals surface area contributed by atoms with Crippen molar-refractivity contribution in [2.45, 2.75) is 13.5 Å². The summed E-state index contributed by atoms with van der Waals surface area (Å²) >= 11 is 0. The molecule has 0 aromatic heterocycles. The number of benzene rings is 2. The summed E-state index contributed by atoms with van der Waals surface area (Å²) in [5, 5.41) is 21.3. The Kier molecular flexibility index (Phi) is 6.27. The molecule has 2 heterocycles. The van der Waals surface area contributed by atoms with Gasteiger partial charge in [-0.15, -0.1) is 0 Å². The maximum absolute atomic E-state index is 12.9. The maximum atomic E-state index is 12.9. The van der Waals surface area contributed by atoms with Crippen molar-refractivity contribution in [3.05, 3.63) is 69.0 Å². The highest BCUT2D eigenvalue weighted by Crippen LogP contribution is 2.40. The summed E-state index contributed by atoms with van der Waals surface area (Å²) in [5.74, 6) is 0.0847. The zero-order chi connectivity index (χ0) is 23.5. The Hall–Kier alpha value is -3.92. The molecule has 2 aromatic carbocycles. The van der Waals surface area contributed by atoms with Crippen LogP contribution in [0.2, 0.25) is 0 Å². The van der Waals surface area contributed by atoms with Crippen molar-refractivity contribution in [3.8, 4) is 11.5 Å². The molecule has 0 atom stereocenters. The quantitative estimate of drug-likeness (QED) is 0.416. The number of ketones is 1. The normalized spacial score (nSPS) is 17.1. The number of phenolic OH excluding ortho intramolecular Hbond substituents is 1. The Morgan fingerprint density at radius 2 is 1.88 bits per heavy atom. The first kappa shape index (κ1) is 22.3. The molecule has 0 aliphatic carbocycles. The molecule has 2 aliphatic rings. The molecule has 0 unspecified atom stereocenters. The second kappa shape index (κ2) is 9.29. The number of ether oxygens (including phenoxy) is 2. The highest BCUT2D eigenvalue weighted by molar-refractivity contribution is 6.15. The molecule has 172 valence electrons. The van der Waals surface area contributed by atoms with Crippen LogP contribution < -0.4 is 4.74 Å². The number of non-ortho nitro benzene ring substituents is 1. The number of Topliss-reactive ketones (excluding diaryl/α,β-unsaturated/α-hetero) is 1. The predicted octanol–water partition coefficient (Wildman–Crippen LogP) is 3.19. The molecule has 0 bridgehead atoms. The predicted molar refractivity (Wildman–Crippen MR) is 118 cm³/mol. The minimum Gasteiger partial charge on any atom is -0.507 e. The van der Waals surface area contributed by atoms with E-state index < -0.39 is 4.92 Å². The number of rotatable bonds is 5. The van der Waals surface area contributed by atoms with Gasteiger partial charge in [-0.05, 0) is 42.8 Å². The monoisotopic (exact) mass is 453 g/mol. The lowest BCUT2D eigenvalue weighted by molar-refractivity contribution is -0.384. The third-order valence-corrected chi connectivity index (χ3v) is 5.60. The third kappa shape index (κ3) is 4.65. The SMILES string of the molecule is CCOC(=O)N1CCN(Cc2c(O)ccc3c2O/C(=C\c2ccc([N+](=O)[O-])cc2)C3=O)CC1. The number of nitrogens with zero attached hydrogens (tertiary/aromatic N) is 3. The molecule has 0 saturated carbocycles. The molecule has 2 aliphatic heterocycles. The topological polar surface area (TPSA) is 122 Å². The number of carbonyl (C=O) groups is 2. The first-order valence-electron chi connectivity index (χ1n) is 10.5. The molecular weight excluding hydrogens is 430 g/mol. The lowest BCUT2D eigenvalue weighted by Gasteiger charge is -2.34. The number of amides is 1. The van der Waals surface area contributed by atoms with E-state index in [4.69, 9.17) is 9.47 Å². The minimum atomic E-state index is -0.494. The fourth-order valence-corrected chi connectivity index (χ4v) is 3.82. The number of aromatic hydroxyl groups is 1. The van der Waals surface area contributed by atoms with Crippen LogP contribution in [0.4, 0.5) is 10.5 Å². The molecule has 1 fully saturated rings. The summed E-state index contributed by atoms with van der Waals surface area (Å²) in [6.45, 7) is 4.61. The van der Waals surface area contributed by atoms with Gasteiger partial charge in [0.15, 0.2) is 5.76 Å². The van der Waals surface area contributed by atoms with Gasteiger partial charge in [0.05, 0.1) is 22.7 Å². The van der Waals surface area contributed by atoms with Gasteiger partial charge < -0.3 is 19.5 Å². The van der Waals surface area contributed by atoms with Crippen LogP contribution in [0.1, 0.15) is 28.4 Å². The van der Waals surface area contributed by atoms with Crippen molar-refractivity contribution in [1.82, 2.24) is 9.80 Å². The summed E-state index contributed by atoms with van der Waals surface area (Å²) in [6.07, 6.45) is 1.18. The number of piperazine rings is 1. The van der Waals surface area contributed by atoms with Crippen LogP contribution in [0.15, 0.2) is 42.2 Å². The maximum Gasteiger partial charge on any atom is 0.409 e. The van der Waals surface area contributed by atoms with Gasteiger partial charge in [-0.1, -0.05) is 0 Å². The molecule has 33 heavy (non-hydrogen) atoms. The van der Waals surface area contributed by atoms with Crippen molar-refractivity contribution < 1.29 is 29.1 Å². The average molecular weight is 453 g/mol. The highest BCUT2D eigenvalue weighted by Gasteiger charge is 2.32. The summed E-state index contributed by atoms with van der Waals surface area (Å²) < 4.78 is 10.9. The fraction of sp³-hybridized carbons (Fsp3) is 0.304. The van der Waals surface area contributed by atoms with Gasteiger partial charge in [0.1, 0.15) is 11.5 Å². The van der Waals surface area contributed by atoms with Gasteiger partial charge in [-0.3, -0.25) is 19.8 Å². The van der Waals surface area contributed by atoms with Gasteiger partial charge in [-0.25, -0.2) is 4.79 Å². The second-order valence-corrected chi connectivity index (χ2v) is 7.69. The zero-order valence-electron chi connectivity index (χ0n) is 18.0. The molecule has 4 rings (SSSR count). The highest BCUT2D eigenvalue weighted by atomic mass is 16.6. The van der Waals surface area contributed by atoms with Crippen molar-refractivity contribution >= 4 is 23.6 Å². The molecule has 0 spiro atoms. The van der Waals surface area contributed by atoms with E-state index in [-0.39, 0.29) is 29.1 Å². The Morgan fingerprint density at radius 3 is 2.52 bits per heavy atom. The van der Waals surface area contributed by atoms with E-state index >= 15 is 0 Å². The number of phenols is 1. The van der Waals surface area contributed by atoms with Gasteiger partial charge in [0.2, 0.25) is 5.78 Å². The second-order valence-electron chi connectivity index (χ2n) is 7.69. The van der Waals surface area contributed by atoms with E-state index in [0.29, 0.717) is 61.8 Å². The molecule has 1 saturated heterocycles. The Morgan fingerprint density at radius 1 is 1.18 bits per heavy atom. The van der Waals surface area contributed by atoms with E-state index in [1.807, 2.05) is 0 Å². The zero-order valence-corrected chi connectivity index (χ0v) is 18.0. The van der Waals surface area contributed by atoms with Crippen LogP contribution in [0.5, 0.6) is 11.5 Å². The number of hydrogen-bond donors (Lipinski definition) is 1. The van der Waals surface area contributed by atoms with Crippen molar-refractivity contribution in [3.63, 3.8) is 0 Å². The standard InChI is InChI=1S/C23H23N3O7/c1-2-32-23(29)25-11-9-24(10-12-25)14-18-19(27)8-7-17-21(28)20(33-22(17)18)13-15-3-5-16(6-4-15)26(30)31/h3-8,13,27H,2,9-12,14H2,1H3/b20-13-. The molecule has 0 radical (unpaired) electrons. The summed E-state index contributed by atoms with van der Waals surface area (Å²) in [7, 11) is 0. The molecule has 1 N–H and O–H groups in total. The van der Waals surface area contributed by atoms with E-state index in [1.54, 1.807) is 11.8 Å². The van der Waals surface area contributed by atoms with E-state index in [9.17, 15) is 24.8 Å². The lowest BCUT2D eigenvalue weighted by Crippen LogP contribution is -2.48. The van der Waals surface area contributed by atoms with Crippen LogP contribution in [0, 0.1) is 10.1 Å². The number of allylic oxidation sites excluding steroid dienone is 1. The Balaban J connectivity index is 1.50. The number of nitro groups is 1. The van der Waals surface area contributed by atoms with Gasteiger partial charge in [0, 0.05) is 44.9 Å². The molecule has 10 heteroatoms. The van der Waals surface area contributed by atoms with Gasteiger partial charge >= 0.3 is 6.09 Å². The van der Waals surface area contributed by atoms with E-state index in [2.05, 4.69) is 4.90 Å². The third-order valence-electron chi connectivity index (χ3n) is 5.60. The number of nitro benzene ring substituents is 1. The Bertz CT molecular complexity index is 1120. The average Bonchev–Trinajstić information content (AvgIpc) is 3.12. The molecule has 1 amide bonds. The van der Waals surface area contributed by atoms with Gasteiger partial charge in [0.25, 0.3) is 5.69 Å². The molecular formula is C23H23N3O7. The van der Waals surface area contributed by atoms with Crippen LogP contribution in [-0.2, 0) is 11.3 Å². The minimum absolute atomic E-state index is 0.0194. The fourth-order valence-electron chi connectivity index (χ4n) is 3.82. The largest absolute Gasteiger partial charge is 0.507 e. The summed E-state index contributed by atoms with van der Waals surface area (Å²) in [4.78, 5) is 38.8. The smallest absolute Gasteiger partial charge is 0.409 e. The number of carbonyl (C=O) groups excluding carboxylic acids is 2. The van der Waals surface area contributed by atoms with Crippen LogP contribution in [-0.4, -0.2) is 64.5 Å². The summed E-state index contributed by atoms with van der Waals surface area (Å²) in [5.41, 5.74) is 1.38. The number of hydrogen-bond acceptors (Lipinski definition) is 8. The first-order chi connectivity index (χ1) is 15.9. The van der Waals surface area contributed by atoms with Crippen LogP contribution in [0.3, 0.4) is 0 Å². The molecule has 2 aromatic rings. The Labute approximate surface area is 189 Å². The van der Waals surface area contributed by atoms with Gasteiger partial charge in [-0.2, -0.15) is 0 Å². The van der Waals surface area contributed by atoms with Crippen molar-refractivity contribution in [2.24, 2.45) is 0 Å². The van der Waals surface area contributed by atoms with Crippen LogP contribution in [0.25, 0.3) is 6.08 Å². The van der Waals surface area contributed by atoms with E-state index in [1.165, 1.54) is 42.5 Å². The number of fused-ring (bicyclic) bond motifs is 1. The lowest BCUT2D eigenvalue weighted by atomic mass is 10.0. The van der Waals surface area contributed by atoms with E-state index in [0.717, 1.165) is 0 Å². The van der Waals surface area contributed by atoms with Crippen molar-refractivity contribution in [1.29, 1.82) is 0 Å². The molecule has 10 nitrogen and oxygen atoms in total.